The number of fused-ring (bicyclic) bond motifs is 1. The molecule has 2 aromatic heterocycles. The predicted octanol–water partition coefficient (Wildman–Crippen LogP) is 6.18. The second kappa shape index (κ2) is 7.30. The van der Waals surface area contributed by atoms with Crippen LogP contribution in [0.3, 0.4) is 0 Å². The van der Waals surface area contributed by atoms with E-state index in [-0.39, 0.29) is 0 Å². The average Bonchev–Trinajstić information content (AvgIpc) is 2.69. The molecule has 0 spiro atoms. The van der Waals surface area contributed by atoms with E-state index in [0.717, 1.165) is 44.7 Å². The number of nitrogens with one attached hydrogen (secondary N) is 1. The lowest BCUT2D eigenvalue weighted by molar-refractivity contribution is 1.24. The van der Waals surface area contributed by atoms with E-state index < -0.39 is 0 Å². The molecule has 2 heterocycles. The summed E-state index contributed by atoms with van der Waals surface area (Å²) in [4.78, 5) is 8.79. The van der Waals surface area contributed by atoms with Gasteiger partial charge in [0.2, 0.25) is 0 Å². The molecule has 4 nitrogen and oxygen atoms in total. The topological polar surface area (TPSA) is 61.6 Å². The third kappa shape index (κ3) is 3.53. The summed E-state index contributed by atoms with van der Waals surface area (Å²) in [6, 6.07) is 19.6. The van der Waals surface area contributed by atoms with E-state index >= 15 is 0 Å². The molecule has 4 aromatic rings. The summed E-state index contributed by atoms with van der Waals surface area (Å²) >= 11 is 6.27. The lowest BCUT2D eigenvalue weighted by Crippen LogP contribution is -1.96. The molecule has 0 atom stereocenters. The van der Waals surface area contributed by atoms with Gasteiger partial charge >= 0.3 is 0 Å². The highest BCUT2D eigenvalue weighted by molar-refractivity contribution is 6.31. The maximum Gasteiger partial charge on any atom is 0.140 e. The van der Waals surface area contributed by atoms with Crippen molar-refractivity contribution in [3.63, 3.8) is 0 Å². The van der Waals surface area contributed by atoms with E-state index in [2.05, 4.69) is 15.3 Å². The first-order chi connectivity index (χ1) is 13.5. The van der Waals surface area contributed by atoms with Gasteiger partial charge in [-0.2, -0.15) is 5.26 Å². The number of nitrogens with zero attached hydrogens (tertiary/aromatic N) is 3. The number of aryl methyl sites for hydroxylation is 2. The van der Waals surface area contributed by atoms with Crippen LogP contribution in [0.1, 0.15) is 17.0 Å². The fraction of sp³-hybridized carbons (Fsp3) is 0.0870. The van der Waals surface area contributed by atoms with Gasteiger partial charge in [-0.05, 0) is 67.4 Å². The van der Waals surface area contributed by atoms with E-state index in [4.69, 9.17) is 16.9 Å². The fourth-order valence-electron chi connectivity index (χ4n) is 3.22. The number of nitriles is 1. The average molecular weight is 385 g/mol. The van der Waals surface area contributed by atoms with Gasteiger partial charge in [-0.1, -0.05) is 23.7 Å². The summed E-state index contributed by atoms with van der Waals surface area (Å²) in [5.41, 5.74) is 7.31. The molecule has 136 valence electrons. The van der Waals surface area contributed by atoms with E-state index in [1.807, 2.05) is 68.4 Å². The molecule has 1 N–H and O–H groups in total. The third-order valence-electron chi connectivity index (χ3n) is 4.57. The minimum atomic E-state index is 0.413. The largest absolute Gasteiger partial charge is 0.355 e. The molecule has 2 aromatic carbocycles. The molecule has 0 saturated carbocycles. The summed E-state index contributed by atoms with van der Waals surface area (Å²) < 4.78 is 0. The zero-order chi connectivity index (χ0) is 19.7. The highest BCUT2D eigenvalue weighted by Gasteiger charge is 2.09. The van der Waals surface area contributed by atoms with Gasteiger partial charge in [0.15, 0.2) is 0 Å². The molecule has 0 amide bonds. The van der Waals surface area contributed by atoms with Gasteiger partial charge in [0, 0.05) is 39.2 Å². The van der Waals surface area contributed by atoms with Crippen molar-refractivity contribution < 1.29 is 0 Å². The number of hydrogen-bond acceptors (Lipinski definition) is 4. The Morgan fingerprint density at radius 1 is 0.964 bits per heavy atom. The summed E-state index contributed by atoms with van der Waals surface area (Å²) in [6.07, 6.45) is 1.71. The lowest BCUT2D eigenvalue weighted by atomic mass is 10.1. The number of anilines is 2. The Morgan fingerprint density at radius 3 is 2.39 bits per heavy atom. The molecule has 5 heteroatoms. The van der Waals surface area contributed by atoms with Crippen LogP contribution >= 0.6 is 11.6 Å². The van der Waals surface area contributed by atoms with Crippen LogP contribution < -0.4 is 5.32 Å². The quantitative estimate of drug-likeness (QED) is 0.458. The Labute approximate surface area is 168 Å². The maximum absolute atomic E-state index is 8.87. The second-order valence-corrected chi connectivity index (χ2v) is 7.11. The minimum absolute atomic E-state index is 0.413. The van der Waals surface area contributed by atoms with Gasteiger partial charge in [-0.15, -0.1) is 0 Å². The van der Waals surface area contributed by atoms with Gasteiger partial charge in [0.1, 0.15) is 11.8 Å². The number of benzene rings is 2. The smallest absolute Gasteiger partial charge is 0.140 e. The summed E-state index contributed by atoms with van der Waals surface area (Å²) in [6.45, 7) is 4.00. The van der Waals surface area contributed by atoms with Crippen molar-refractivity contribution in [2.45, 2.75) is 13.8 Å². The zero-order valence-electron chi connectivity index (χ0n) is 15.5. The lowest BCUT2D eigenvalue weighted by Gasteiger charge is -2.13. The van der Waals surface area contributed by atoms with Gasteiger partial charge < -0.3 is 5.32 Å². The van der Waals surface area contributed by atoms with Gasteiger partial charge in [0.25, 0.3) is 0 Å². The van der Waals surface area contributed by atoms with Crippen molar-refractivity contribution in [1.29, 1.82) is 5.26 Å². The first-order valence-electron chi connectivity index (χ1n) is 8.84. The normalized spacial score (nSPS) is 10.6. The molecule has 0 unspecified atom stereocenters. The van der Waals surface area contributed by atoms with Crippen LogP contribution in [0, 0.1) is 25.2 Å². The molecule has 4 rings (SSSR count). The molecule has 0 aliphatic carbocycles. The predicted molar refractivity (Wildman–Crippen MR) is 114 cm³/mol. The van der Waals surface area contributed by atoms with Crippen LogP contribution in [-0.4, -0.2) is 9.97 Å². The van der Waals surface area contributed by atoms with Crippen molar-refractivity contribution in [2.24, 2.45) is 0 Å². The Hall–Kier alpha value is -3.42. The molecule has 0 radical (unpaired) electrons. The monoisotopic (exact) mass is 384 g/mol. The molecule has 0 bridgehead atoms. The SMILES string of the molecule is Cc1cc(Nc2ccc(-c3ccc(C#N)nc3)cc2)c2cc(Cl)cc(C)c2n1. The Balaban J connectivity index is 1.67. The van der Waals surface area contributed by atoms with Crippen LogP contribution in [0.15, 0.2) is 60.8 Å². The van der Waals surface area contributed by atoms with Gasteiger partial charge in [0.05, 0.1) is 5.52 Å². The summed E-state index contributed by atoms with van der Waals surface area (Å²) in [7, 11) is 0. The Kier molecular flexibility index (Phi) is 4.68. The number of hydrogen-bond donors (Lipinski definition) is 1. The third-order valence-corrected chi connectivity index (χ3v) is 4.79. The molecule has 0 aliphatic heterocycles. The van der Waals surface area contributed by atoms with E-state index in [1.165, 1.54) is 0 Å². The molecule has 0 fully saturated rings. The van der Waals surface area contributed by atoms with Crippen LogP contribution in [0.2, 0.25) is 5.02 Å². The number of pyridine rings is 2. The Bertz CT molecular complexity index is 1210. The standard InChI is InChI=1S/C23H17ClN4/c1-14-9-18(24)11-21-22(10-15(2)27-23(14)21)28-19-6-3-16(4-7-19)17-5-8-20(12-25)26-13-17/h3-11,13H,1-2H3,(H,27,28). The van der Waals surface area contributed by atoms with Crippen LogP contribution in [0.4, 0.5) is 11.4 Å². The second-order valence-electron chi connectivity index (χ2n) is 6.68. The number of aromatic nitrogens is 2. The Morgan fingerprint density at radius 2 is 1.71 bits per heavy atom. The summed E-state index contributed by atoms with van der Waals surface area (Å²) in [5.74, 6) is 0. The number of halogens is 1. The molecule has 28 heavy (non-hydrogen) atoms. The molecule has 0 aliphatic rings. The van der Waals surface area contributed by atoms with Crippen molar-refractivity contribution in [3.8, 4) is 17.2 Å². The minimum Gasteiger partial charge on any atom is -0.355 e. The van der Waals surface area contributed by atoms with E-state index in [1.54, 1.807) is 12.3 Å². The molecular weight excluding hydrogens is 368 g/mol. The van der Waals surface area contributed by atoms with E-state index in [9.17, 15) is 0 Å². The molecule has 0 saturated heterocycles. The highest BCUT2D eigenvalue weighted by atomic mass is 35.5. The van der Waals surface area contributed by atoms with Crippen molar-refractivity contribution >= 4 is 33.9 Å². The summed E-state index contributed by atoms with van der Waals surface area (Å²) in [5, 5.41) is 14.0. The zero-order valence-corrected chi connectivity index (χ0v) is 16.2. The van der Waals surface area contributed by atoms with E-state index in [0.29, 0.717) is 10.7 Å². The number of rotatable bonds is 3. The van der Waals surface area contributed by atoms with Crippen molar-refractivity contribution in [2.75, 3.05) is 5.32 Å². The van der Waals surface area contributed by atoms with Crippen molar-refractivity contribution in [3.05, 3.63) is 82.8 Å². The molecular formula is C23H17ClN4. The van der Waals surface area contributed by atoms with Gasteiger partial charge in [-0.25, -0.2) is 4.98 Å². The first-order valence-corrected chi connectivity index (χ1v) is 9.22. The fourth-order valence-corrected chi connectivity index (χ4v) is 3.49. The van der Waals surface area contributed by atoms with Crippen LogP contribution in [0.25, 0.3) is 22.0 Å². The van der Waals surface area contributed by atoms with Gasteiger partial charge in [-0.3, -0.25) is 4.98 Å². The van der Waals surface area contributed by atoms with Crippen LogP contribution in [-0.2, 0) is 0 Å². The maximum atomic E-state index is 8.87. The first kappa shape index (κ1) is 18.0. The highest BCUT2D eigenvalue weighted by Crippen LogP contribution is 2.31. The van der Waals surface area contributed by atoms with Crippen LogP contribution in [0.5, 0.6) is 0 Å². The van der Waals surface area contributed by atoms with Crippen molar-refractivity contribution in [1.82, 2.24) is 9.97 Å².